The maximum Gasteiger partial charge on any atom is 0.251 e. The van der Waals surface area contributed by atoms with Gasteiger partial charge in [-0.15, -0.1) is 0 Å². The number of benzene rings is 2. The van der Waals surface area contributed by atoms with E-state index in [9.17, 15) is 18.0 Å². The smallest absolute Gasteiger partial charge is 0.251 e. The van der Waals surface area contributed by atoms with Gasteiger partial charge in [-0.1, -0.05) is 36.4 Å². The van der Waals surface area contributed by atoms with Gasteiger partial charge >= 0.3 is 0 Å². The zero-order chi connectivity index (χ0) is 23.7. The SMILES string of the molecule is Cc1ccc(S(=O)(=O)NCc2ccccc2)cc1C(=O)NCCC(=O)NCc1ccncc1. The standard InChI is InChI=1S/C24H26N4O4S/c1-18-7-8-21(33(31,32)28-17-19-5-3-2-4-6-19)15-22(18)24(30)26-14-11-23(29)27-16-20-9-12-25-13-10-20/h2-10,12-13,15,28H,11,14,16-17H2,1H3,(H,26,30)(H,27,29). The lowest BCUT2D eigenvalue weighted by atomic mass is 10.1. The molecule has 0 atom stereocenters. The average Bonchev–Trinajstić information content (AvgIpc) is 2.83. The third kappa shape index (κ3) is 7.23. The third-order valence-electron chi connectivity index (χ3n) is 4.95. The van der Waals surface area contributed by atoms with E-state index in [4.69, 9.17) is 0 Å². The molecule has 9 heteroatoms. The molecule has 0 spiro atoms. The van der Waals surface area contributed by atoms with E-state index >= 15 is 0 Å². The highest BCUT2D eigenvalue weighted by Gasteiger charge is 2.18. The van der Waals surface area contributed by atoms with Gasteiger partial charge < -0.3 is 10.6 Å². The molecule has 3 N–H and O–H groups in total. The van der Waals surface area contributed by atoms with Crippen LogP contribution in [-0.4, -0.2) is 31.8 Å². The maximum absolute atomic E-state index is 12.7. The fourth-order valence-corrected chi connectivity index (χ4v) is 4.09. The summed E-state index contributed by atoms with van der Waals surface area (Å²) in [4.78, 5) is 28.6. The number of aryl methyl sites for hydroxylation is 1. The van der Waals surface area contributed by atoms with Crippen LogP contribution in [0.15, 0.2) is 78.0 Å². The summed E-state index contributed by atoms with van der Waals surface area (Å²) in [6, 6.07) is 17.2. The van der Waals surface area contributed by atoms with E-state index in [1.165, 1.54) is 12.1 Å². The maximum atomic E-state index is 12.7. The largest absolute Gasteiger partial charge is 0.352 e. The normalized spacial score (nSPS) is 11.1. The summed E-state index contributed by atoms with van der Waals surface area (Å²) < 4.78 is 27.9. The number of amides is 2. The van der Waals surface area contributed by atoms with E-state index < -0.39 is 15.9 Å². The van der Waals surface area contributed by atoms with Gasteiger partial charge in [0.25, 0.3) is 5.91 Å². The van der Waals surface area contributed by atoms with Crippen molar-refractivity contribution in [1.82, 2.24) is 20.3 Å². The van der Waals surface area contributed by atoms with Gasteiger partial charge in [0.2, 0.25) is 15.9 Å². The Morgan fingerprint density at radius 2 is 1.58 bits per heavy atom. The van der Waals surface area contributed by atoms with E-state index in [0.29, 0.717) is 12.1 Å². The second kappa shape index (κ2) is 11.3. The quantitative estimate of drug-likeness (QED) is 0.424. The van der Waals surface area contributed by atoms with Crippen LogP contribution in [0.2, 0.25) is 0 Å². The predicted octanol–water partition coefficient (Wildman–Crippen LogP) is 2.30. The van der Waals surface area contributed by atoms with Crippen molar-refractivity contribution in [2.45, 2.75) is 31.3 Å². The van der Waals surface area contributed by atoms with Crippen LogP contribution in [0.3, 0.4) is 0 Å². The van der Waals surface area contributed by atoms with Crippen molar-refractivity contribution in [3.63, 3.8) is 0 Å². The van der Waals surface area contributed by atoms with Crippen LogP contribution >= 0.6 is 0 Å². The van der Waals surface area contributed by atoms with Crippen molar-refractivity contribution >= 4 is 21.8 Å². The molecule has 0 aliphatic carbocycles. The van der Waals surface area contributed by atoms with Crippen LogP contribution in [0.25, 0.3) is 0 Å². The molecule has 0 fully saturated rings. The zero-order valence-corrected chi connectivity index (χ0v) is 19.1. The molecule has 172 valence electrons. The molecule has 1 aromatic heterocycles. The molecule has 2 aromatic carbocycles. The molecule has 0 saturated heterocycles. The minimum Gasteiger partial charge on any atom is -0.352 e. The van der Waals surface area contributed by atoms with Gasteiger partial charge in [0.05, 0.1) is 4.90 Å². The highest BCUT2D eigenvalue weighted by molar-refractivity contribution is 7.89. The van der Waals surface area contributed by atoms with E-state index in [2.05, 4.69) is 20.3 Å². The van der Waals surface area contributed by atoms with Crippen LogP contribution in [0, 0.1) is 6.92 Å². The summed E-state index contributed by atoms with van der Waals surface area (Å²) in [5, 5.41) is 5.46. The predicted molar refractivity (Wildman–Crippen MR) is 125 cm³/mol. The summed E-state index contributed by atoms with van der Waals surface area (Å²) in [6.07, 6.45) is 3.40. The second-order valence-electron chi connectivity index (χ2n) is 7.42. The minimum atomic E-state index is -3.80. The first-order valence-electron chi connectivity index (χ1n) is 10.4. The Morgan fingerprint density at radius 1 is 0.879 bits per heavy atom. The number of nitrogens with one attached hydrogen (secondary N) is 3. The van der Waals surface area contributed by atoms with Crippen LogP contribution < -0.4 is 15.4 Å². The van der Waals surface area contributed by atoms with Gasteiger partial charge in [0.1, 0.15) is 0 Å². The molecule has 0 unspecified atom stereocenters. The topological polar surface area (TPSA) is 117 Å². The third-order valence-corrected chi connectivity index (χ3v) is 6.35. The van der Waals surface area contributed by atoms with Gasteiger partial charge in [0.15, 0.2) is 0 Å². The lowest BCUT2D eigenvalue weighted by Crippen LogP contribution is -2.31. The van der Waals surface area contributed by atoms with Crippen molar-refractivity contribution in [3.05, 3.63) is 95.3 Å². The Kier molecular flexibility index (Phi) is 8.28. The zero-order valence-electron chi connectivity index (χ0n) is 18.2. The minimum absolute atomic E-state index is 0.00396. The Balaban J connectivity index is 1.54. The van der Waals surface area contributed by atoms with Crippen molar-refractivity contribution < 1.29 is 18.0 Å². The second-order valence-corrected chi connectivity index (χ2v) is 9.19. The van der Waals surface area contributed by atoms with E-state index in [1.807, 2.05) is 30.3 Å². The molecular weight excluding hydrogens is 440 g/mol. The number of nitrogens with zero attached hydrogens (tertiary/aromatic N) is 1. The number of rotatable bonds is 10. The fraction of sp³-hybridized carbons (Fsp3) is 0.208. The lowest BCUT2D eigenvalue weighted by Gasteiger charge is -2.11. The highest BCUT2D eigenvalue weighted by Crippen LogP contribution is 2.16. The van der Waals surface area contributed by atoms with Gasteiger partial charge in [0, 0.05) is 44.0 Å². The van der Waals surface area contributed by atoms with Crippen LogP contribution in [-0.2, 0) is 27.9 Å². The fourth-order valence-electron chi connectivity index (χ4n) is 3.04. The molecule has 3 aromatic rings. The van der Waals surface area contributed by atoms with Gasteiger partial charge in [-0.05, 0) is 47.9 Å². The number of carbonyl (C=O) groups excluding carboxylic acids is 2. The molecule has 0 bridgehead atoms. The monoisotopic (exact) mass is 466 g/mol. The number of carbonyl (C=O) groups is 2. The summed E-state index contributed by atoms with van der Waals surface area (Å²) >= 11 is 0. The summed E-state index contributed by atoms with van der Waals surface area (Å²) in [6.45, 7) is 2.38. The Morgan fingerprint density at radius 3 is 2.30 bits per heavy atom. The molecule has 0 radical (unpaired) electrons. The highest BCUT2D eigenvalue weighted by atomic mass is 32.2. The number of hydrogen-bond donors (Lipinski definition) is 3. The number of hydrogen-bond acceptors (Lipinski definition) is 5. The first kappa shape index (κ1) is 24.1. The number of sulfonamides is 1. The van der Waals surface area contributed by atoms with E-state index in [1.54, 1.807) is 37.5 Å². The Bertz CT molecular complexity index is 1200. The van der Waals surface area contributed by atoms with Crippen molar-refractivity contribution in [3.8, 4) is 0 Å². The summed E-state index contributed by atoms with van der Waals surface area (Å²) in [7, 11) is -3.80. The molecule has 1 heterocycles. The first-order chi connectivity index (χ1) is 15.8. The first-order valence-corrected chi connectivity index (χ1v) is 11.9. The van der Waals surface area contributed by atoms with Gasteiger partial charge in [-0.2, -0.15) is 0 Å². The van der Waals surface area contributed by atoms with Crippen molar-refractivity contribution in [2.24, 2.45) is 0 Å². The Hall–Kier alpha value is -3.56. The molecule has 0 saturated carbocycles. The summed E-state index contributed by atoms with van der Waals surface area (Å²) in [5.74, 6) is -0.639. The van der Waals surface area contributed by atoms with Crippen molar-refractivity contribution in [2.75, 3.05) is 6.54 Å². The van der Waals surface area contributed by atoms with Crippen molar-refractivity contribution in [1.29, 1.82) is 0 Å². The number of pyridine rings is 1. The molecular formula is C24H26N4O4S. The van der Waals surface area contributed by atoms with Crippen LogP contribution in [0.4, 0.5) is 0 Å². The van der Waals surface area contributed by atoms with Gasteiger partial charge in [-0.3, -0.25) is 14.6 Å². The Labute approximate surface area is 193 Å². The summed E-state index contributed by atoms with van der Waals surface area (Å²) in [5.41, 5.74) is 2.64. The lowest BCUT2D eigenvalue weighted by molar-refractivity contribution is -0.121. The molecule has 8 nitrogen and oxygen atoms in total. The van der Waals surface area contributed by atoms with Gasteiger partial charge in [-0.25, -0.2) is 13.1 Å². The molecule has 0 aliphatic rings. The van der Waals surface area contributed by atoms with Crippen LogP contribution in [0.5, 0.6) is 0 Å². The van der Waals surface area contributed by atoms with Crippen LogP contribution in [0.1, 0.15) is 33.5 Å². The molecule has 0 aliphatic heterocycles. The molecule has 33 heavy (non-hydrogen) atoms. The molecule has 2 amide bonds. The van der Waals surface area contributed by atoms with E-state index in [0.717, 1.165) is 11.1 Å². The average molecular weight is 467 g/mol. The molecule has 3 rings (SSSR count). The van der Waals surface area contributed by atoms with E-state index in [-0.39, 0.29) is 35.9 Å². The number of aromatic nitrogens is 1.